The minimum atomic E-state index is -3.28. The summed E-state index contributed by atoms with van der Waals surface area (Å²) in [5.41, 5.74) is 2.87. The molecular formula is C17H21N3O3S. The van der Waals surface area contributed by atoms with Crippen molar-refractivity contribution >= 4 is 38.7 Å². The minimum absolute atomic E-state index is 0.100. The molecule has 2 rings (SSSR count). The molecule has 0 bridgehead atoms. The molecule has 128 valence electrons. The summed E-state index contributed by atoms with van der Waals surface area (Å²) in [7, 11) is -3.28. The van der Waals surface area contributed by atoms with Crippen molar-refractivity contribution in [2.24, 2.45) is 0 Å². The number of hydrogen-bond donors (Lipinski definition) is 3. The zero-order valence-electron chi connectivity index (χ0n) is 13.7. The summed E-state index contributed by atoms with van der Waals surface area (Å²) in [5.74, 6) is -0.0287. The Hall–Kier alpha value is -2.54. The van der Waals surface area contributed by atoms with E-state index < -0.39 is 10.0 Å². The molecule has 2 aromatic rings. The van der Waals surface area contributed by atoms with Crippen LogP contribution in [0.3, 0.4) is 0 Å². The largest absolute Gasteiger partial charge is 0.355 e. The highest BCUT2D eigenvalue weighted by Gasteiger charge is 2.08. The number of amides is 1. The van der Waals surface area contributed by atoms with Crippen LogP contribution in [0.5, 0.6) is 0 Å². The average molecular weight is 347 g/mol. The van der Waals surface area contributed by atoms with Gasteiger partial charge in [0.05, 0.1) is 5.75 Å². The maximum absolute atomic E-state index is 11.7. The van der Waals surface area contributed by atoms with E-state index >= 15 is 0 Å². The first-order valence-corrected chi connectivity index (χ1v) is 9.28. The molecule has 6 nitrogen and oxygen atoms in total. The average Bonchev–Trinajstić information content (AvgIpc) is 2.48. The van der Waals surface area contributed by atoms with Crippen molar-refractivity contribution < 1.29 is 13.2 Å². The molecule has 0 heterocycles. The molecule has 1 amide bonds. The normalized spacial score (nSPS) is 10.9. The molecule has 0 saturated heterocycles. The molecule has 0 aliphatic carbocycles. The highest BCUT2D eigenvalue weighted by atomic mass is 32.2. The molecule has 0 saturated carbocycles. The van der Waals surface area contributed by atoms with E-state index in [1.807, 2.05) is 25.1 Å². The number of carbonyl (C=O) groups excluding carboxylic acids is 1. The van der Waals surface area contributed by atoms with E-state index in [0.29, 0.717) is 17.8 Å². The summed E-state index contributed by atoms with van der Waals surface area (Å²) in [5, 5.41) is 5.93. The summed E-state index contributed by atoms with van der Waals surface area (Å²) in [4.78, 5) is 11.1. The summed E-state index contributed by atoms with van der Waals surface area (Å²) in [6.07, 6.45) is 0.569. The standard InChI is InChI=1S/C17H21N3O3S/c1-3-11-24(22,23)20-15-9-7-14(8-10-15)19-17-6-4-5-16(12-17)18-13(2)21/h4-10,12,19-20H,3,11H2,1-2H3,(H,18,21). The van der Waals surface area contributed by atoms with Gasteiger partial charge in [-0.05, 0) is 48.9 Å². The van der Waals surface area contributed by atoms with Crippen LogP contribution in [-0.4, -0.2) is 20.1 Å². The molecule has 0 radical (unpaired) electrons. The summed E-state index contributed by atoms with van der Waals surface area (Å²) >= 11 is 0. The number of hydrogen-bond acceptors (Lipinski definition) is 4. The van der Waals surface area contributed by atoms with Crippen LogP contribution in [0.4, 0.5) is 22.7 Å². The van der Waals surface area contributed by atoms with Crippen LogP contribution in [0.25, 0.3) is 0 Å². The fourth-order valence-corrected chi connectivity index (χ4v) is 3.30. The van der Waals surface area contributed by atoms with Gasteiger partial charge in [0.1, 0.15) is 0 Å². The van der Waals surface area contributed by atoms with Crippen LogP contribution >= 0.6 is 0 Å². The zero-order valence-corrected chi connectivity index (χ0v) is 14.5. The highest BCUT2D eigenvalue weighted by molar-refractivity contribution is 7.92. The third-order valence-electron chi connectivity index (χ3n) is 3.10. The van der Waals surface area contributed by atoms with Crippen molar-refractivity contribution in [3.05, 3.63) is 48.5 Å². The molecule has 3 N–H and O–H groups in total. The van der Waals surface area contributed by atoms with Crippen molar-refractivity contribution in [3.63, 3.8) is 0 Å². The Bertz CT molecular complexity index is 802. The van der Waals surface area contributed by atoms with Crippen LogP contribution < -0.4 is 15.4 Å². The van der Waals surface area contributed by atoms with Gasteiger partial charge in [0.2, 0.25) is 15.9 Å². The van der Waals surface area contributed by atoms with Gasteiger partial charge in [-0.15, -0.1) is 0 Å². The first-order valence-electron chi connectivity index (χ1n) is 7.63. The third-order valence-corrected chi connectivity index (χ3v) is 4.60. The van der Waals surface area contributed by atoms with E-state index in [0.717, 1.165) is 11.4 Å². The lowest BCUT2D eigenvalue weighted by atomic mass is 10.2. The highest BCUT2D eigenvalue weighted by Crippen LogP contribution is 2.22. The van der Waals surface area contributed by atoms with Gasteiger partial charge in [-0.25, -0.2) is 8.42 Å². The van der Waals surface area contributed by atoms with Crippen molar-refractivity contribution in [1.29, 1.82) is 0 Å². The first-order chi connectivity index (χ1) is 11.4. The Morgan fingerprint density at radius 2 is 1.58 bits per heavy atom. The summed E-state index contributed by atoms with van der Waals surface area (Å²) in [6, 6.07) is 14.3. The Labute approximate surface area is 142 Å². The van der Waals surface area contributed by atoms with E-state index in [1.165, 1.54) is 6.92 Å². The van der Waals surface area contributed by atoms with Crippen molar-refractivity contribution in [1.82, 2.24) is 0 Å². The zero-order chi connectivity index (χ0) is 17.6. The number of anilines is 4. The van der Waals surface area contributed by atoms with Crippen LogP contribution in [0.2, 0.25) is 0 Å². The molecule has 0 spiro atoms. The van der Waals surface area contributed by atoms with E-state index in [4.69, 9.17) is 0 Å². The monoisotopic (exact) mass is 347 g/mol. The second kappa shape index (κ2) is 7.83. The van der Waals surface area contributed by atoms with Gasteiger partial charge >= 0.3 is 0 Å². The van der Waals surface area contributed by atoms with E-state index in [9.17, 15) is 13.2 Å². The third kappa shape index (κ3) is 5.58. The van der Waals surface area contributed by atoms with Gasteiger partial charge in [-0.2, -0.15) is 0 Å². The predicted octanol–water partition coefficient (Wildman–Crippen LogP) is 3.54. The maximum atomic E-state index is 11.7. The quantitative estimate of drug-likeness (QED) is 0.715. The van der Waals surface area contributed by atoms with Crippen LogP contribution in [0.15, 0.2) is 48.5 Å². The van der Waals surface area contributed by atoms with Gasteiger partial charge in [-0.3, -0.25) is 9.52 Å². The Kier molecular flexibility index (Phi) is 5.81. The SMILES string of the molecule is CCCS(=O)(=O)Nc1ccc(Nc2cccc(NC(C)=O)c2)cc1. The fraction of sp³-hybridized carbons (Fsp3) is 0.235. The number of benzene rings is 2. The van der Waals surface area contributed by atoms with Gasteiger partial charge in [0.25, 0.3) is 0 Å². The van der Waals surface area contributed by atoms with Gasteiger partial charge in [-0.1, -0.05) is 13.0 Å². The lowest BCUT2D eigenvalue weighted by molar-refractivity contribution is -0.114. The van der Waals surface area contributed by atoms with Crippen LogP contribution in [-0.2, 0) is 14.8 Å². The Balaban J connectivity index is 2.05. The molecule has 0 aliphatic rings. The second-order valence-electron chi connectivity index (χ2n) is 5.39. The van der Waals surface area contributed by atoms with E-state index in [-0.39, 0.29) is 11.7 Å². The molecule has 0 atom stereocenters. The number of rotatable bonds is 7. The molecule has 0 fully saturated rings. The van der Waals surface area contributed by atoms with Crippen molar-refractivity contribution in [3.8, 4) is 0 Å². The topological polar surface area (TPSA) is 87.3 Å². The van der Waals surface area contributed by atoms with Gasteiger partial charge in [0.15, 0.2) is 0 Å². The van der Waals surface area contributed by atoms with Gasteiger partial charge < -0.3 is 10.6 Å². The lowest BCUT2D eigenvalue weighted by Gasteiger charge is -2.11. The first kappa shape index (κ1) is 17.8. The molecule has 0 aromatic heterocycles. The van der Waals surface area contributed by atoms with Crippen molar-refractivity contribution in [2.75, 3.05) is 21.1 Å². The summed E-state index contributed by atoms with van der Waals surface area (Å²) in [6.45, 7) is 3.28. The Morgan fingerprint density at radius 1 is 0.958 bits per heavy atom. The molecule has 0 unspecified atom stereocenters. The van der Waals surface area contributed by atoms with Crippen molar-refractivity contribution in [2.45, 2.75) is 20.3 Å². The predicted molar refractivity (Wildman–Crippen MR) is 98.2 cm³/mol. The molecule has 24 heavy (non-hydrogen) atoms. The van der Waals surface area contributed by atoms with Crippen LogP contribution in [0.1, 0.15) is 20.3 Å². The fourth-order valence-electron chi connectivity index (χ4n) is 2.17. The lowest BCUT2D eigenvalue weighted by Crippen LogP contribution is -2.15. The Morgan fingerprint density at radius 3 is 2.21 bits per heavy atom. The maximum Gasteiger partial charge on any atom is 0.232 e. The molecule has 7 heteroatoms. The van der Waals surface area contributed by atoms with E-state index in [1.54, 1.807) is 30.3 Å². The van der Waals surface area contributed by atoms with Gasteiger partial charge in [0, 0.05) is 29.7 Å². The smallest absolute Gasteiger partial charge is 0.232 e. The number of sulfonamides is 1. The number of nitrogens with one attached hydrogen (secondary N) is 3. The molecule has 0 aliphatic heterocycles. The second-order valence-corrected chi connectivity index (χ2v) is 7.23. The van der Waals surface area contributed by atoms with E-state index in [2.05, 4.69) is 15.4 Å². The van der Waals surface area contributed by atoms with Crippen LogP contribution in [0, 0.1) is 0 Å². The molecule has 2 aromatic carbocycles. The number of carbonyl (C=O) groups is 1. The minimum Gasteiger partial charge on any atom is -0.355 e. The summed E-state index contributed by atoms with van der Waals surface area (Å²) < 4.78 is 26.0. The molecular weight excluding hydrogens is 326 g/mol.